The molecule has 0 saturated carbocycles. The van der Waals surface area contributed by atoms with Crippen LogP contribution in [0.1, 0.15) is 52.0 Å². The van der Waals surface area contributed by atoms with Crippen molar-refractivity contribution in [3.8, 4) is 0 Å². The third-order valence-electron chi connectivity index (χ3n) is 4.52. The Morgan fingerprint density at radius 3 is 2.75 bits per heavy atom. The summed E-state index contributed by atoms with van der Waals surface area (Å²) in [6.07, 6.45) is 5.37. The minimum Gasteiger partial charge on any atom is -0.444 e. The molecule has 24 heavy (non-hydrogen) atoms. The lowest BCUT2D eigenvalue weighted by Gasteiger charge is -2.45. The third kappa shape index (κ3) is 3.66. The van der Waals surface area contributed by atoms with E-state index in [9.17, 15) is 9.18 Å². The van der Waals surface area contributed by atoms with Gasteiger partial charge in [0.2, 0.25) is 0 Å². The molecule has 0 aromatic heterocycles. The fourth-order valence-electron chi connectivity index (χ4n) is 3.57. The van der Waals surface area contributed by atoms with Crippen molar-refractivity contribution in [2.24, 2.45) is 0 Å². The van der Waals surface area contributed by atoms with Crippen molar-refractivity contribution in [2.45, 2.75) is 64.1 Å². The van der Waals surface area contributed by atoms with Gasteiger partial charge in [0.1, 0.15) is 11.4 Å². The van der Waals surface area contributed by atoms with Crippen LogP contribution in [0.2, 0.25) is 0 Å². The number of ether oxygens (including phenoxy) is 1. The fourth-order valence-corrected chi connectivity index (χ4v) is 3.93. The number of piperidine rings is 1. The number of carbonyl (C=O) groups excluding carboxylic acids is 1. The number of fused-ring (bicyclic) bond motifs is 2. The highest BCUT2D eigenvalue weighted by atomic mass is 79.9. The molecule has 2 atom stereocenters. The first-order chi connectivity index (χ1) is 11.2. The number of rotatable bonds is 1. The molecule has 2 aliphatic rings. The van der Waals surface area contributed by atoms with Crippen molar-refractivity contribution in [3.63, 3.8) is 0 Å². The van der Waals surface area contributed by atoms with Gasteiger partial charge in [-0.15, -0.1) is 0 Å². The number of halogens is 2. The second-order valence-electron chi connectivity index (χ2n) is 7.56. The summed E-state index contributed by atoms with van der Waals surface area (Å²) in [5, 5.41) is 0. The largest absolute Gasteiger partial charge is 0.444 e. The van der Waals surface area contributed by atoms with Crippen molar-refractivity contribution in [2.75, 3.05) is 0 Å². The molecule has 3 rings (SSSR count). The number of benzene rings is 1. The van der Waals surface area contributed by atoms with Gasteiger partial charge in [0.25, 0.3) is 0 Å². The van der Waals surface area contributed by atoms with E-state index in [0.717, 1.165) is 29.3 Å². The van der Waals surface area contributed by atoms with E-state index < -0.39 is 5.60 Å². The second-order valence-corrected chi connectivity index (χ2v) is 8.48. The van der Waals surface area contributed by atoms with E-state index in [1.54, 1.807) is 6.07 Å². The Labute approximate surface area is 151 Å². The van der Waals surface area contributed by atoms with E-state index in [-0.39, 0.29) is 24.0 Å². The first kappa shape index (κ1) is 17.5. The maximum atomic E-state index is 14.2. The molecule has 2 aliphatic heterocycles. The van der Waals surface area contributed by atoms with Crippen molar-refractivity contribution in [3.05, 3.63) is 40.1 Å². The summed E-state index contributed by atoms with van der Waals surface area (Å²) in [7, 11) is 0. The first-order valence-corrected chi connectivity index (χ1v) is 9.21. The molecule has 0 spiro atoms. The number of carbonyl (C=O) groups is 1. The molecule has 1 aromatic carbocycles. The van der Waals surface area contributed by atoms with Gasteiger partial charge in [-0.3, -0.25) is 4.90 Å². The van der Waals surface area contributed by atoms with Gasteiger partial charge < -0.3 is 4.74 Å². The molecule has 1 saturated heterocycles. The average molecular weight is 396 g/mol. The molecule has 2 heterocycles. The van der Waals surface area contributed by atoms with Gasteiger partial charge in [-0.25, -0.2) is 9.18 Å². The van der Waals surface area contributed by atoms with E-state index in [0.29, 0.717) is 12.0 Å². The summed E-state index contributed by atoms with van der Waals surface area (Å²) < 4.78 is 20.7. The monoisotopic (exact) mass is 395 g/mol. The van der Waals surface area contributed by atoms with Crippen molar-refractivity contribution in [1.82, 2.24) is 4.90 Å². The lowest BCUT2D eigenvalue weighted by molar-refractivity contribution is 0.0000785. The summed E-state index contributed by atoms with van der Waals surface area (Å²) >= 11 is 3.41. The van der Waals surface area contributed by atoms with Crippen LogP contribution in [0.4, 0.5) is 9.18 Å². The van der Waals surface area contributed by atoms with Crippen LogP contribution in [0.25, 0.3) is 5.57 Å². The molecule has 0 radical (unpaired) electrons. The van der Waals surface area contributed by atoms with Crippen LogP contribution in [0.3, 0.4) is 0 Å². The van der Waals surface area contributed by atoms with Crippen LogP contribution >= 0.6 is 15.9 Å². The molecule has 3 nitrogen and oxygen atoms in total. The van der Waals surface area contributed by atoms with Gasteiger partial charge in [0.05, 0.1) is 6.04 Å². The third-order valence-corrected chi connectivity index (χ3v) is 5.01. The molecular weight excluding hydrogens is 373 g/mol. The van der Waals surface area contributed by atoms with Gasteiger partial charge in [0.15, 0.2) is 0 Å². The second kappa shape index (κ2) is 6.51. The van der Waals surface area contributed by atoms with Crippen molar-refractivity contribution in [1.29, 1.82) is 0 Å². The normalized spacial score (nSPS) is 23.7. The van der Waals surface area contributed by atoms with Crippen molar-refractivity contribution < 1.29 is 13.9 Å². The number of hydrogen-bond donors (Lipinski definition) is 0. The molecule has 2 bridgehead atoms. The van der Waals surface area contributed by atoms with E-state index in [2.05, 4.69) is 15.9 Å². The molecule has 0 N–H and O–H groups in total. The Bertz CT molecular complexity index is 680. The lowest BCUT2D eigenvalue weighted by Crippen LogP contribution is -2.53. The van der Waals surface area contributed by atoms with Crippen LogP contribution in [0, 0.1) is 5.82 Å². The molecule has 130 valence electrons. The summed E-state index contributed by atoms with van der Waals surface area (Å²) in [5.74, 6) is -0.215. The molecule has 5 heteroatoms. The van der Waals surface area contributed by atoms with Gasteiger partial charge in [-0.2, -0.15) is 0 Å². The van der Waals surface area contributed by atoms with Gasteiger partial charge in [0, 0.05) is 16.1 Å². The summed E-state index contributed by atoms with van der Waals surface area (Å²) in [6.45, 7) is 5.63. The average Bonchev–Trinajstić information content (AvgIpc) is 2.46. The minimum atomic E-state index is -0.508. The SMILES string of the molecule is CC(C)(C)OC(=O)N1C2C=C(c3cc(Br)ccc3F)CC1CCC2. The number of hydrogen-bond acceptors (Lipinski definition) is 2. The maximum absolute atomic E-state index is 14.2. The Balaban J connectivity index is 1.90. The molecule has 1 aromatic rings. The zero-order valence-electron chi connectivity index (χ0n) is 14.3. The Hall–Kier alpha value is -1.36. The zero-order valence-corrected chi connectivity index (χ0v) is 15.9. The highest BCUT2D eigenvalue weighted by Gasteiger charge is 2.39. The minimum absolute atomic E-state index is 0.0132. The summed E-state index contributed by atoms with van der Waals surface area (Å²) in [4.78, 5) is 14.4. The molecule has 2 unspecified atom stereocenters. The molecular formula is C19H23BrFNO2. The maximum Gasteiger partial charge on any atom is 0.411 e. The fraction of sp³-hybridized carbons (Fsp3) is 0.526. The van der Waals surface area contributed by atoms with Crippen LogP contribution in [-0.2, 0) is 4.74 Å². The Morgan fingerprint density at radius 1 is 1.33 bits per heavy atom. The van der Waals surface area contributed by atoms with E-state index in [4.69, 9.17) is 4.74 Å². The molecule has 1 amide bonds. The first-order valence-electron chi connectivity index (χ1n) is 8.42. The predicted molar refractivity (Wildman–Crippen MR) is 96.2 cm³/mol. The number of amides is 1. The standard InChI is InChI=1S/C19H23BrFNO2/c1-19(2,3)24-18(23)22-14-5-4-6-15(22)10-12(9-14)16-11-13(20)7-8-17(16)21/h7-9,11,14-15H,4-6,10H2,1-3H3. The van der Waals surface area contributed by atoms with Gasteiger partial charge >= 0.3 is 6.09 Å². The van der Waals surface area contributed by atoms with Gasteiger partial charge in [-0.1, -0.05) is 22.0 Å². The van der Waals surface area contributed by atoms with Crippen LogP contribution in [-0.4, -0.2) is 28.7 Å². The predicted octanol–water partition coefficient (Wildman–Crippen LogP) is 5.53. The van der Waals surface area contributed by atoms with Crippen molar-refractivity contribution >= 4 is 27.6 Å². The smallest absolute Gasteiger partial charge is 0.411 e. The Kier molecular flexibility index (Phi) is 4.73. The van der Waals surface area contributed by atoms with Gasteiger partial charge in [-0.05, 0) is 70.2 Å². The molecule has 1 fully saturated rings. The van der Waals surface area contributed by atoms with Crippen LogP contribution in [0.5, 0.6) is 0 Å². The van der Waals surface area contributed by atoms with Crippen LogP contribution in [0.15, 0.2) is 28.7 Å². The highest BCUT2D eigenvalue weighted by molar-refractivity contribution is 9.10. The topological polar surface area (TPSA) is 29.5 Å². The zero-order chi connectivity index (χ0) is 17.5. The van der Waals surface area contributed by atoms with E-state index >= 15 is 0 Å². The van der Waals surface area contributed by atoms with E-state index in [1.807, 2.05) is 37.8 Å². The number of nitrogens with zero attached hydrogens (tertiary/aromatic N) is 1. The van der Waals surface area contributed by atoms with Crippen LogP contribution < -0.4 is 0 Å². The molecule has 0 aliphatic carbocycles. The highest BCUT2D eigenvalue weighted by Crippen LogP contribution is 2.39. The Morgan fingerprint density at radius 2 is 2.08 bits per heavy atom. The summed E-state index contributed by atoms with van der Waals surface area (Å²) in [6, 6.07) is 5.07. The quantitative estimate of drug-likeness (QED) is 0.625. The summed E-state index contributed by atoms with van der Waals surface area (Å²) in [5.41, 5.74) is 1.11. The van der Waals surface area contributed by atoms with E-state index in [1.165, 1.54) is 6.07 Å². The lowest BCUT2D eigenvalue weighted by atomic mass is 9.83.